The minimum absolute atomic E-state index is 0.0810. The van der Waals surface area contributed by atoms with Crippen LogP contribution in [0.25, 0.3) is 0 Å². The minimum Gasteiger partial charge on any atom is -0.395 e. The molecular formula is C6H11NO2. The molecule has 1 fully saturated rings. The summed E-state index contributed by atoms with van der Waals surface area (Å²) in [7, 11) is 1.85. The highest BCUT2D eigenvalue weighted by Crippen LogP contribution is 2.09. The van der Waals surface area contributed by atoms with Gasteiger partial charge in [0.15, 0.2) is 0 Å². The Morgan fingerprint density at radius 1 is 1.89 bits per heavy atom. The summed E-state index contributed by atoms with van der Waals surface area (Å²) < 4.78 is 0. The van der Waals surface area contributed by atoms with Crippen molar-refractivity contribution in [2.45, 2.75) is 12.5 Å². The number of ketones is 1. The largest absolute Gasteiger partial charge is 0.395 e. The summed E-state index contributed by atoms with van der Waals surface area (Å²) in [6.07, 6.45) is 0.521. The van der Waals surface area contributed by atoms with Crippen molar-refractivity contribution in [2.24, 2.45) is 0 Å². The second-order valence-corrected chi connectivity index (χ2v) is 2.49. The molecule has 3 heteroatoms. The highest BCUT2D eigenvalue weighted by atomic mass is 16.3. The molecule has 3 nitrogen and oxygen atoms in total. The van der Waals surface area contributed by atoms with Gasteiger partial charge >= 0.3 is 0 Å². The van der Waals surface area contributed by atoms with Gasteiger partial charge in [-0.1, -0.05) is 0 Å². The molecule has 1 heterocycles. The predicted molar refractivity (Wildman–Crippen MR) is 33.1 cm³/mol. The fourth-order valence-corrected chi connectivity index (χ4v) is 1.09. The maximum atomic E-state index is 10.7. The lowest BCUT2D eigenvalue weighted by Gasteiger charge is -2.13. The normalized spacial score (nSPS) is 29.6. The van der Waals surface area contributed by atoms with Crippen LogP contribution in [0.3, 0.4) is 0 Å². The molecule has 1 N–H and O–H groups in total. The molecule has 52 valence electrons. The first-order valence-corrected chi connectivity index (χ1v) is 3.07. The Bertz CT molecular complexity index is 124. The molecular weight excluding hydrogens is 118 g/mol. The van der Waals surface area contributed by atoms with Crippen LogP contribution in [0.5, 0.6) is 0 Å². The van der Waals surface area contributed by atoms with Gasteiger partial charge in [-0.2, -0.15) is 0 Å². The lowest BCUT2D eigenvalue weighted by atomic mass is 10.2. The van der Waals surface area contributed by atoms with Crippen molar-refractivity contribution >= 4 is 5.78 Å². The number of nitrogens with zero attached hydrogens (tertiary/aromatic N) is 1. The number of Topliss-reactive ketones (excluding diaryl/α,β-unsaturated/α-hetero) is 1. The summed E-state index contributed by atoms with van der Waals surface area (Å²) in [5, 5.41) is 8.66. The molecule has 1 rings (SSSR count). The Balaban J connectivity index is 2.47. The fraction of sp³-hybridized carbons (Fsp3) is 0.833. The van der Waals surface area contributed by atoms with Crippen LogP contribution in [0.4, 0.5) is 0 Å². The second-order valence-electron chi connectivity index (χ2n) is 2.49. The van der Waals surface area contributed by atoms with E-state index in [4.69, 9.17) is 5.11 Å². The first-order valence-electron chi connectivity index (χ1n) is 3.07. The van der Waals surface area contributed by atoms with E-state index in [0.29, 0.717) is 13.0 Å². The molecule has 0 aromatic carbocycles. The molecule has 1 saturated heterocycles. The molecule has 0 radical (unpaired) electrons. The van der Waals surface area contributed by atoms with Gasteiger partial charge in [0.2, 0.25) is 0 Å². The zero-order valence-electron chi connectivity index (χ0n) is 5.50. The molecule has 0 aromatic heterocycles. The third-order valence-corrected chi connectivity index (χ3v) is 1.72. The molecule has 0 amide bonds. The van der Waals surface area contributed by atoms with Crippen molar-refractivity contribution in [3.05, 3.63) is 0 Å². The molecule has 0 bridgehead atoms. The lowest BCUT2D eigenvalue weighted by Crippen LogP contribution is -2.27. The van der Waals surface area contributed by atoms with Crippen molar-refractivity contribution in [3.8, 4) is 0 Å². The summed E-state index contributed by atoms with van der Waals surface area (Å²) >= 11 is 0. The van der Waals surface area contributed by atoms with Crippen molar-refractivity contribution < 1.29 is 9.90 Å². The van der Waals surface area contributed by atoms with Crippen LogP contribution in [0.1, 0.15) is 6.42 Å². The maximum absolute atomic E-state index is 10.7. The van der Waals surface area contributed by atoms with Crippen molar-refractivity contribution in [1.82, 2.24) is 4.90 Å². The van der Waals surface area contributed by atoms with Crippen LogP contribution < -0.4 is 0 Å². The van der Waals surface area contributed by atoms with Crippen LogP contribution in [-0.2, 0) is 4.79 Å². The van der Waals surface area contributed by atoms with Gasteiger partial charge in [0.25, 0.3) is 0 Å². The molecule has 1 aliphatic heterocycles. The third kappa shape index (κ3) is 1.28. The molecule has 9 heavy (non-hydrogen) atoms. The number of aliphatic hydroxyl groups excluding tert-OH is 1. The smallest absolute Gasteiger partial charge is 0.148 e. The first-order chi connectivity index (χ1) is 4.24. The average molecular weight is 129 g/mol. The number of aliphatic hydroxyl groups is 1. The van der Waals surface area contributed by atoms with Gasteiger partial charge in [0.1, 0.15) is 5.78 Å². The number of hydrogen-bond donors (Lipinski definition) is 1. The van der Waals surface area contributed by atoms with Gasteiger partial charge in [-0.05, 0) is 7.05 Å². The molecule has 0 aliphatic carbocycles. The molecule has 0 unspecified atom stereocenters. The predicted octanol–water partition coefficient (Wildman–Crippen LogP) is -0.748. The lowest BCUT2D eigenvalue weighted by molar-refractivity contribution is -0.116. The Kier molecular flexibility index (Phi) is 1.83. The highest BCUT2D eigenvalue weighted by Gasteiger charge is 2.25. The molecule has 0 saturated carbocycles. The Labute approximate surface area is 54.3 Å². The Hall–Kier alpha value is -0.410. The molecule has 1 aliphatic rings. The van der Waals surface area contributed by atoms with Crippen LogP contribution in [-0.4, -0.2) is 42.0 Å². The van der Waals surface area contributed by atoms with Gasteiger partial charge in [-0.25, -0.2) is 0 Å². The summed E-state index contributed by atoms with van der Waals surface area (Å²) in [6.45, 7) is 0.605. The number of likely N-dealkylation sites (N-methyl/N-ethyl adjacent to an activating group) is 1. The molecule has 0 aromatic rings. The van der Waals surface area contributed by atoms with E-state index >= 15 is 0 Å². The topological polar surface area (TPSA) is 40.5 Å². The molecule has 0 spiro atoms. The van der Waals surface area contributed by atoms with Crippen LogP contribution in [0.2, 0.25) is 0 Å². The number of carbonyl (C=O) groups is 1. The van der Waals surface area contributed by atoms with E-state index in [9.17, 15) is 4.79 Å². The summed E-state index contributed by atoms with van der Waals surface area (Å²) in [5.41, 5.74) is 0. The number of carbonyl (C=O) groups excluding carboxylic acids is 1. The average Bonchev–Trinajstić information content (AvgIpc) is 2.10. The van der Waals surface area contributed by atoms with E-state index in [1.54, 1.807) is 0 Å². The van der Waals surface area contributed by atoms with E-state index in [0.717, 1.165) is 0 Å². The zero-order valence-corrected chi connectivity index (χ0v) is 5.50. The first kappa shape index (κ1) is 6.71. The minimum atomic E-state index is 0.0810. The van der Waals surface area contributed by atoms with Gasteiger partial charge in [-0.15, -0.1) is 0 Å². The van der Waals surface area contributed by atoms with E-state index < -0.39 is 0 Å². The van der Waals surface area contributed by atoms with E-state index in [1.165, 1.54) is 0 Å². The number of rotatable bonds is 1. The quantitative estimate of drug-likeness (QED) is 0.506. The highest BCUT2D eigenvalue weighted by molar-refractivity contribution is 5.83. The third-order valence-electron chi connectivity index (χ3n) is 1.72. The number of hydrogen-bond acceptors (Lipinski definition) is 3. The van der Waals surface area contributed by atoms with E-state index in [-0.39, 0.29) is 18.4 Å². The standard InChI is InChI=1S/C6H11NO2/c1-7-3-6(9)2-5(7)4-8/h5,8H,2-4H2,1H3/t5-/m0/s1. The Morgan fingerprint density at radius 3 is 2.78 bits per heavy atom. The van der Waals surface area contributed by atoms with Crippen LogP contribution >= 0.6 is 0 Å². The van der Waals surface area contributed by atoms with E-state index in [2.05, 4.69) is 0 Å². The Morgan fingerprint density at radius 2 is 2.56 bits per heavy atom. The SMILES string of the molecule is CN1CC(=O)C[C@H]1CO. The fourth-order valence-electron chi connectivity index (χ4n) is 1.09. The van der Waals surface area contributed by atoms with Crippen molar-refractivity contribution in [3.63, 3.8) is 0 Å². The van der Waals surface area contributed by atoms with Gasteiger partial charge in [0, 0.05) is 12.5 Å². The van der Waals surface area contributed by atoms with E-state index in [1.807, 2.05) is 11.9 Å². The van der Waals surface area contributed by atoms with Crippen molar-refractivity contribution in [1.29, 1.82) is 0 Å². The van der Waals surface area contributed by atoms with Crippen LogP contribution in [0.15, 0.2) is 0 Å². The molecule has 1 atom stereocenters. The van der Waals surface area contributed by atoms with Crippen LogP contribution in [0, 0.1) is 0 Å². The van der Waals surface area contributed by atoms with Gasteiger partial charge in [0.05, 0.1) is 13.2 Å². The van der Waals surface area contributed by atoms with Gasteiger partial charge in [-0.3, -0.25) is 9.69 Å². The second kappa shape index (κ2) is 2.45. The monoisotopic (exact) mass is 129 g/mol. The van der Waals surface area contributed by atoms with Crippen molar-refractivity contribution in [2.75, 3.05) is 20.2 Å². The summed E-state index contributed by atoms with van der Waals surface area (Å²) in [6, 6.07) is 0.0810. The summed E-state index contributed by atoms with van der Waals surface area (Å²) in [5.74, 6) is 0.233. The van der Waals surface area contributed by atoms with Gasteiger partial charge < -0.3 is 5.11 Å². The number of likely N-dealkylation sites (tertiary alicyclic amines) is 1. The maximum Gasteiger partial charge on any atom is 0.148 e. The summed E-state index contributed by atoms with van der Waals surface area (Å²) in [4.78, 5) is 12.5. The zero-order chi connectivity index (χ0) is 6.85.